The number of aryl methyl sites for hydroxylation is 1. The highest BCUT2D eigenvalue weighted by molar-refractivity contribution is 6.00. The predicted molar refractivity (Wildman–Crippen MR) is 100 cm³/mol. The number of aliphatic hydroxyl groups is 1. The van der Waals surface area contributed by atoms with Gasteiger partial charge in [0.2, 0.25) is 5.91 Å². The molecule has 1 fully saturated rings. The van der Waals surface area contributed by atoms with Crippen LogP contribution in [0.5, 0.6) is 0 Å². The molecule has 1 saturated carbocycles. The van der Waals surface area contributed by atoms with Gasteiger partial charge in [0.25, 0.3) is 0 Å². The number of benzene rings is 1. The fourth-order valence-electron chi connectivity index (χ4n) is 3.32. The lowest BCUT2D eigenvalue weighted by atomic mass is 9.99. The molecular weight excluding hydrogens is 344 g/mol. The third-order valence-corrected chi connectivity index (χ3v) is 4.87. The van der Waals surface area contributed by atoms with Gasteiger partial charge in [-0.2, -0.15) is 10.4 Å². The molecule has 1 aromatic carbocycles. The molecule has 0 spiro atoms. The van der Waals surface area contributed by atoms with Crippen molar-refractivity contribution in [2.24, 2.45) is 11.8 Å². The van der Waals surface area contributed by atoms with Crippen LogP contribution in [0.2, 0.25) is 0 Å². The van der Waals surface area contributed by atoms with Gasteiger partial charge >= 0.3 is 0 Å². The van der Waals surface area contributed by atoms with Crippen LogP contribution in [-0.2, 0) is 11.4 Å². The van der Waals surface area contributed by atoms with E-state index in [4.69, 9.17) is 11.0 Å². The highest BCUT2D eigenvalue weighted by Crippen LogP contribution is 2.38. The summed E-state index contributed by atoms with van der Waals surface area (Å²) >= 11 is 0. The maximum absolute atomic E-state index is 12.2. The van der Waals surface area contributed by atoms with Crippen LogP contribution < -0.4 is 11.1 Å². The Labute approximate surface area is 155 Å². The van der Waals surface area contributed by atoms with Crippen LogP contribution in [0.15, 0.2) is 24.4 Å². The summed E-state index contributed by atoms with van der Waals surface area (Å²) in [6.07, 6.45) is 2.21. The Morgan fingerprint density at radius 1 is 1.48 bits per heavy atom. The van der Waals surface area contributed by atoms with Crippen molar-refractivity contribution in [1.29, 1.82) is 5.26 Å². The molecule has 1 aliphatic carbocycles. The minimum absolute atomic E-state index is 0.184. The Kier molecular flexibility index (Phi) is 4.01. The lowest BCUT2D eigenvalue weighted by Crippen LogP contribution is -2.15. The van der Waals surface area contributed by atoms with Crippen LogP contribution in [0.4, 0.5) is 11.5 Å². The van der Waals surface area contributed by atoms with E-state index < -0.39 is 0 Å². The normalized spacial score (nSPS) is 18.3. The van der Waals surface area contributed by atoms with Crippen molar-refractivity contribution in [3.8, 4) is 17.2 Å². The number of nitrogens with one attached hydrogen (secondary N) is 2. The Bertz CT molecular complexity index is 1100. The summed E-state index contributed by atoms with van der Waals surface area (Å²) in [6.45, 7) is 1.69. The van der Waals surface area contributed by atoms with Gasteiger partial charge in [0.1, 0.15) is 5.82 Å². The SMILES string of the molecule is Cc1[nH]nc(CO)c1-c1cc(N)c2cnc(NC(=O)[C@H]3C[C@@H]3C#N)cc2c1. The Morgan fingerprint density at radius 3 is 3.00 bits per heavy atom. The number of aliphatic hydroxyl groups excluding tert-OH is 1. The zero-order valence-electron chi connectivity index (χ0n) is 14.7. The van der Waals surface area contributed by atoms with Crippen molar-refractivity contribution < 1.29 is 9.90 Å². The molecule has 1 aliphatic rings. The second-order valence-corrected chi connectivity index (χ2v) is 6.75. The maximum atomic E-state index is 12.2. The van der Waals surface area contributed by atoms with Crippen molar-refractivity contribution in [1.82, 2.24) is 15.2 Å². The quantitative estimate of drug-likeness (QED) is 0.524. The molecule has 4 rings (SSSR count). The van der Waals surface area contributed by atoms with E-state index in [9.17, 15) is 9.90 Å². The van der Waals surface area contributed by atoms with E-state index in [2.05, 4.69) is 26.6 Å². The fraction of sp³-hybridized carbons (Fsp3) is 0.263. The van der Waals surface area contributed by atoms with Gasteiger partial charge in [-0.25, -0.2) is 4.98 Å². The molecule has 5 N–H and O–H groups in total. The summed E-state index contributed by atoms with van der Waals surface area (Å²) in [7, 11) is 0. The molecule has 3 aromatic rings. The number of nitrogens with two attached hydrogens (primary N) is 1. The molecule has 1 amide bonds. The molecule has 8 nitrogen and oxygen atoms in total. The molecule has 2 heterocycles. The van der Waals surface area contributed by atoms with Gasteiger partial charge in [0.05, 0.1) is 30.2 Å². The van der Waals surface area contributed by atoms with Crippen LogP contribution in [0.1, 0.15) is 17.8 Å². The summed E-state index contributed by atoms with van der Waals surface area (Å²) in [5, 5.41) is 29.7. The molecule has 136 valence electrons. The number of nitrogen functional groups attached to an aromatic ring is 1. The zero-order chi connectivity index (χ0) is 19.1. The standard InChI is InChI=1S/C19H18N6O2/c1-9-18(16(8-26)25-24-9)11-2-10-5-17(22-7-14(10)15(21)4-11)23-19(27)13-3-12(13)6-20/h2,4-5,7,12-13,26H,3,8,21H2,1H3,(H,24,25)(H,22,23,27)/t12-,13+/m1/s1. The molecule has 2 aromatic heterocycles. The van der Waals surface area contributed by atoms with Crippen LogP contribution in [-0.4, -0.2) is 26.2 Å². The van der Waals surface area contributed by atoms with Gasteiger partial charge in [-0.3, -0.25) is 9.89 Å². The van der Waals surface area contributed by atoms with Gasteiger partial charge in [-0.05, 0) is 42.5 Å². The first-order valence-corrected chi connectivity index (χ1v) is 8.56. The number of nitriles is 1. The Morgan fingerprint density at radius 2 is 2.30 bits per heavy atom. The smallest absolute Gasteiger partial charge is 0.230 e. The number of carbonyl (C=O) groups is 1. The lowest BCUT2D eigenvalue weighted by Gasteiger charge is -2.10. The summed E-state index contributed by atoms with van der Waals surface area (Å²) in [5.74, 6) is -0.233. The number of hydrogen-bond acceptors (Lipinski definition) is 6. The van der Waals surface area contributed by atoms with E-state index in [-0.39, 0.29) is 24.3 Å². The van der Waals surface area contributed by atoms with E-state index in [0.29, 0.717) is 23.6 Å². The first-order valence-electron chi connectivity index (χ1n) is 8.56. The largest absolute Gasteiger partial charge is 0.398 e. The van der Waals surface area contributed by atoms with Crippen LogP contribution in [0.25, 0.3) is 21.9 Å². The molecule has 0 saturated heterocycles. The minimum atomic E-state index is -0.260. The van der Waals surface area contributed by atoms with Gasteiger partial charge in [-0.1, -0.05) is 0 Å². The Balaban J connectivity index is 1.71. The van der Waals surface area contributed by atoms with Gasteiger partial charge in [-0.15, -0.1) is 0 Å². The molecule has 27 heavy (non-hydrogen) atoms. The van der Waals surface area contributed by atoms with Crippen LogP contribution >= 0.6 is 0 Å². The summed E-state index contributed by atoms with van der Waals surface area (Å²) in [4.78, 5) is 16.4. The van der Waals surface area contributed by atoms with Crippen molar-refractivity contribution in [3.63, 3.8) is 0 Å². The number of hydrogen-bond donors (Lipinski definition) is 4. The van der Waals surface area contributed by atoms with Crippen molar-refractivity contribution in [2.75, 3.05) is 11.1 Å². The number of nitrogens with zero attached hydrogens (tertiary/aromatic N) is 3. The molecule has 0 bridgehead atoms. The number of anilines is 2. The van der Waals surface area contributed by atoms with Gasteiger partial charge in [0, 0.05) is 28.5 Å². The lowest BCUT2D eigenvalue weighted by molar-refractivity contribution is -0.117. The van der Waals surface area contributed by atoms with E-state index in [1.165, 1.54) is 0 Å². The third kappa shape index (κ3) is 2.98. The first kappa shape index (κ1) is 17.0. The maximum Gasteiger partial charge on any atom is 0.230 e. The number of fused-ring (bicyclic) bond motifs is 1. The summed E-state index contributed by atoms with van der Waals surface area (Å²) in [6, 6.07) is 7.61. The fourth-order valence-corrected chi connectivity index (χ4v) is 3.32. The van der Waals surface area contributed by atoms with E-state index >= 15 is 0 Å². The molecule has 2 atom stereocenters. The average molecular weight is 362 g/mol. The second-order valence-electron chi connectivity index (χ2n) is 6.75. The predicted octanol–water partition coefficient (Wildman–Crippen LogP) is 2.11. The summed E-state index contributed by atoms with van der Waals surface area (Å²) in [5.41, 5.74) is 9.75. The second kappa shape index (κ2) is 6.37. The summed E-state index contributed by atoms with van der Waals surface area (Å²) < 4.78 is 0. The highest BCUT2D eigenvalue weighted by Gasteiger charge is 2.43. The van der Waals surface area contributed by atoms with E-state index in [1.807, 2.05) is 19.1 Å². The molecule has 0 unspecified atom stereocenters. The zero-order valence-corrected chi connectivity index (χ0v) is 14.7. The van der Waals surface area contributed by atoms with Gasteiger partial charge < -0.3 is 16.2 Å². The van der Waals surface area contributed by atoms with E-state index in [0.717, 1.165) is 27.6 Å². The number of aromatic nitrogens is 3. The number of carbonyl (C=O) groups excluding carboxylic acids is 1. The molecule has 0 aliphatic heterocycles. The van der Waals surface area contributed by atoms with Crippen molar-refractivity contribution in [3.05, 3.63) is 35.8 Å². The number of amides is 1. The van der Waals surface area contributed by atoms with Crippen LogP contribution in [0.3, 0.4) is 0 Å². The number of aromatic amines is 1. The molecule has 8 heteroatoms. The number of H-pyrrole nitrogens is 1. The molecule has 0 radical (unpaired) electrons. The van der Waals surface area contributed by atoms with Crippen molar-refractivity contribution in [2.45, 2.75) is 20.0 Å². The topological polar surface area (TPSA) is 141 Å². The van der Waals surface area contributed by atoms with Gasteiger partial charge in [0.15, 0.2) is 0 Å². The number of pyridine rings is 1. The number of rotatable bonds is 4. The minimum Gasteiger partial charge on any atom is -0.398 e. The first-order chi connectivity index (χ1) is 13.0. The van der Waals surface area contributed by atoms with E-state index in [1.54, 1.807) is 12.3 Å². The van der Waals surface area contributed by atoms with Crippen molar-refractivity contribution >= 4 is 28.2 Å². The highest BCUT2D eigenvalue weighted by atomic mass is 16.3. The third-order valence-electron chi connectivity index (χ3n) is 4.87. The molecular formula is C19H18N6O2. The van der Waals surface area contributed by atoms with Crippen LogP contribution in [0, 0.1) is 30.1 Å². The Hall–Kier alpha value is -3.44. The average Bonchev–Trinajstić information content (AvgIpc) is 3.36. The monoisotopic (exact) mass is 362 g/mol.